The van der Waals surface area contributed by atoms with Crippen LogP contribution in [0.25, 0.3) is 0 Å². The largest absolute Gasteiger partial charge is 0.368 e. The van der Waals surface area contributed by atoms with Gasteiger partial charge < -0.3 is 9.84 Å². The van der Waals surface area contributed by atoms with Crippen molar-refractivity contribution in [3.63, 3.8) is 0 Å². The maximum atomic E-state index is 9.60. The fourth-order valence-corrected chi connectivity index (χ4v) is 2.46. The van der Waals surface area contributed by atoms with Crippen LogP contribution in [0.15, 0.2) is 0 Å². The first-order chi connectivity index (χ1) is 9.81. The van der Waals surface area contributed by atoms with E-state index >= 15 is 0 Å². The van der Waals surface area contributed by atoms with Gasteiger partial charge in [-0.1, -0.05) is 84.5 Å². The first-order valence-electron chi connectivity index (χ1n) is 9.11. The Labute approximate surface area is 127 Å². The fraction of sp³-hybridized carbons (Fsp3) is 1.00. The summed E-state index contributed by atoms with van der Waals surface area (Å²) in [5.74, 6) is 0. The molecule has 0 aliphatic carbocycles. The minimum atomic E-state index is -0.528. The second-order valence-corrected chi connectivity index (χ2v) is 6.00. The van der Waals surface area contributed by atoms with E-state index in [0.717, 1.165) is 25.9 Å². The van der Waals surface area contributed by atoms with Crippen LogP contribution in [0.2, 0.25) is 0 Å². The molecule has 0 saturated carbocycles. The molecular formula is C18H38O2. The van der Waals surface area contributed by atoms with Crippen LogP contribution in [0, 0.1) is 0 Å². The molecule has 0 radical (unpaired) electrons. The van der Waals surface area contributed by atoms with Crippen LogP contribution >= 0.6 is 0 Å². The molecule has 20 heavy (non-hydrogen) atoms. The fourth-order valence-electron chi connectivity index (χ4n) is 2.46. The van der Waals surface area contributed by atoms with E-state index in [-0.39, 0.29) is 0 Å². The maximum absolute atomic E-state index is 9.60. The molecule has 122 valence electrons. The first kappa shape index (κ1) is 19.9. The lowest BCUT2D eigenvalue weighted by Gasteiger charge is -2.11. The van der Waals surface area contributed by atoms with Crippen LogP contribution < -0.4 is 0 Å². The average molecular weight is 286 g/mol. The lowest BCUT2D eigenvalue weighted by molar-refractivity contribution is -0.105. The first-order valence-corrected chi connectivity index (χ1v) is 9.11. The lowest BCUT2D eigenvalue weighted by atomic mass is 10.1. The van der Waals surface area contributed by atoms with Gasteiger partial charge in [0.25, 0.3) is 0 Å². The summed E-state index contributed by atoms with van der Waals surface area (Å²) in [6.07, 6.45) is 17.1. The van der Waals surface area contributed by atoms with E-state index < -0.39 is 6.29 Å². The summed E-state index contributed by atoms with van der Waals surface area (Å²) >= 11 is 0. The van der Waals surface area contributed by atoms with Crippen LogP contribution in [0.4, 0.5) is 0 Å². The zero-order valence-electron chi connectivity index (χ0n) is 14.0. The molecule has 0 saturated heterocycles. The third kappa shape index (κ3) is 16.0. The van der Waals surface area contributed by atoms with E-state index in [1.54, 1.807) is 0 Å². The molecule has 0 aliphatic heterocycles. The molecule has 0 rings (SSSR count). The molecule has 0 aromatic heterocycles. The molecule has 0 amide bonds. The molecule has 1 atom stereocenters. The van der Waals surface area contributed by atoms with Gasteiger partial charge in [-0.25, -0.2) is 0 Å². The summed E-state index contributed by atoms with van der Waals surface area (Å²) in [5, 5.41) is 9.60. The Morgan fingerprint density at radius 3 is 1.65 bits per heavy atom. The Bertz CT molecular complexity index is 171. The number of hydrogen-bond donors (Lipinski definition) is 1. The van der Waals surface area contributed by atoms with Crippen LogP contribution in [-0.2, 0) is 4.74 Å². The standard InChI is InChI=1S/C18H38O2/c1-3-5-7-8-9-10-11-12-13-15-17-20-18(19)16-14-6-4-2/h18-19H,3-17H2,1-2H3. The van der Waals surface area contributed by atoms with Gasteiger partial charge >= 0.3 is 0 Å². The molecule has 0 aromatic rings. The zero-order chi connectivity index (χ0) is 14.9. The highest BCUT2D eigenvalue weighted by molar-refractivity contribution is 4.48. The number of hydrogen-bond acceptors (Lipinski definition) is 2. The van der Waals surface area contributed by atoms with Gasteiger partial charge in [0.1, 0.15) is 0 Å². The van der Waals surface area contributed by atoms with Gasteiger partial charge in [0.05, 0.1) is 0 Å². The van der Waals surface area contributed by atoms with Crippen LogP contribution in [-0.4, -0.2) is 18.0 Å². The molecule has 0 fully saturated rings. The summed E-state index contributed by atoms with van der Waals surface area (Å²) in [5.41, 5.74) is 0. The van der Waals surface area contributed by atoms with Crippen molar-refractivity contribution >= 4 is 0 Å². The topological polar surface area (TPSA) is 29.5 Å². The number of aliphatic hydroxyl groups excluding tert-OH is 1. The summed E-state index contributed by atoms with van der Waals surface area (Å²) in [6.45, 7) is 5.17. The number of rotatable bonds is 16. The SMILES string of the molecule is CCCCCCCCCCCCOC(O)CCCCC. The van der Waals surface area contributed by atoms with Crippen molar-refractivity contribution in [3.8, 4) is 0 Å². The van der Waals surface area contributed by atoms with Crippen LogP contribution in [0.5, 0.6) is 0 Å². The lowest BCUT2D eigenvalue weighted by Crippen LogP contribution is -2.12. The summed E-state index contributed by atoms with van der Waals surface area (Å²) in [7, 11) is 0. The number of ether oxygens (including phenoxy) is 1. The highest BCUT2D eigenvalue weighted by Crippen LogP contribution is 2.11. The molecule has 1 N–H and O–H groups in total. The smallest absolute Gasteiger partial charge is 0.154 e. The van der Waals surface area contributed by atoms with Gasteiger partial charge in [0.2, 0.25) is 0 Å². The van der Waals surface area contributed by atoms with E-state index in [1.165, 1.54) is 70.6 Å². The van der Waals surface area contributed by atoms with Crippen molar-refractivity contribution in [3.05, 3.63) is 0 Å². The molecule has 1 unspecified atom stereocenters. The zero-order valence-corrected chi connectivity index (χ0v) is 14.0. The molecule has 0 spiro atoms. The summed E-state index contributed by atoms with van der Waals surface area (Å²) in [4.78, 5) is 0. The van der Waals surface area contributed by atoms with Crippen molar-refractivity contribution in [2.45, 2.75) is 110 Å². The Hall–Kier alpha value is -0.0800. The normalized spacial score (nSPS) is 12.8. The quantitative estimate of drug-likeness (QED) is 0.286. The summed E-state index contributed by atoms with van der Waals surface area (Å²) < 4.78 is 5.42. The van der Waals surface area contributed by atoms with Gasteiger partial charge in [-0.15, -0.1) is 0 Å². The highest BCUT2D eigenvalue weighted by atomic mass is 16.6. The van der Waals surface area contributed by atoms with E-state index in [1.807, 2.05) is 0 Å². The van der Waals surface area contributed by atoms with Gasteiger partial charge in [-0.05, 0) is 19.3 Å². The number of unbranched alkanes of at least 4 members (excludes halogenated alkanes) is 11. The molecule has 0 bridgehead atoms. The van der Waals surface area contributed by atoms with E-state index in [0.29, 0.717) is 0 Å². The third-order valence-corrected chi connectivity index (χ3v) is 3.86. The third-order valence-electron chi connectivity index (χ3n) is 3.86. The van der Waals surface area contributed by atoms with Gasteiger partial charge in [-0.2, -0.15) is 0 Å². The van der Waals surface area contributed by atoms with Crippen molar-refractivity contribution in [2.24, 2.45) is 0 Å². The Morgan fingerprint density at radius 1 is 0.650 bits per heavy atom. The molecule has 0 heterocycles. The second-order valence-electron chi connectivity index (χ2n) is 6.00. The minimum absolute atomic E-state index is 0.528. The molecular weight excluding hydrogens is 248 g/mol. The average Bonchev–Trinajstić information content (AvgIpc) is 2.45. The van der Waals surface area contributed by atoms with Crippen LogP contribution in [0.1, 0.15) is 104 Å². The van der Waals surface area contributed by atoms with Gasteiger partial charge in [0.15, 0.2) is 6.29 Å². The number of aliphatic hydroxyl groups is 1. The summed E-state index contributed by atoms with van der Waals surface area (Å²) in [6, 6.07) is 0. The maximum Gasteiger partial charge on any atom is 0.154 e. The Kier molecular flexibility index (Phi) is 16.9. The monoisotopic (exact) mass is 286 g/mol. The van der Waals surface area contributed by atoms with Gasteiger partial charge in [0, 0.05) is 6.61 Å². The predicted molar refractivity (Wildman–Crippen MR) is 87.9 cm³/mol. The van der Waals surface area contributed by atoms with E-state index in [9.17, 15) is 5.11 Å². The second kappa shape index (κ2) is 17.0. The molecule has 0 aromatic carbocycles. The van der Waals surface area contributed by atoms with Gasteiger partial charge in [-0.3, -0.25) is 0 Å². The van der Waals surface area contributed by atoms with E-state index in [2.05, 4.69) is 13.8 Å². The molecule has 2 nitrogen and oxygen atoms in total. The Morgan fingerprint density at radius 2 is 1.10 bits per heavy atom. The molecule has 2 heteroatoms. The van der Waals surface area contributed by atoms with Crippen molar-refractivity contribution in [1.29, 1.82) is 0 Å². The Balaban J connectivity index is 3.05. The molecule has 0 aliphatic rings. The highest BCUT2D eigenvalue weighted by Gasteiger charge is 2.02. The van der Waals surface area contributed by atoms with Crippen molar-refractivity contribution in [2.75, 3.05) is 6.61 Å². The van der Waals surface area contributed by atoms with Crippen molar-refractivity contribution in [1.82, 2.24) is 0 Å². The van der Waals surface area contributed by atoms with Crippen molar-refractivity contribution < 1.29 is 9.84 Å². The predicted octanol–water partition coefficient (Wildman–Crippen LogP) is 5.82. The van der Waals surface area contributed by atoms with Crippen LogP contribution in [0.3, 0.4) is 0 Å². The minimum Gasteiger partial charge on any atom is -0.368 e. The van der Waals surface area contributed by atoms with E-state index in [4.69, 9.17) is 4.74 Å².